The quantitative estimate of drug-likeness (QED) is 0.913. The molecule has 0 saturated heterocycles. The number of nitrogens with zero attached hydrogens (tertiary/aromatic N) is 1. The minimum atomic E-state index is -4.50. The van der Waals surface area contributed by atoms with Gasteiger partial charge in [0.25, 0.3) is 0 Å². The van der Waals surface area contributed by atoms with Gasteiger partial charge >= 0.3 is 6.18 Å². The van der Waals surface area contributed by atoms with E-state index in [1.807, 2.05) is 16.8 Å². The predicted molar refractivity (Wildman–Crippen MR) is 67.8 cm³/mol. The lowest BCUT2D eigenvalue weighted by atomic mass is 10.1. The van der Waals surface area contributed by atoms with E-state index in [9.17, 15) is 13.2 Å². The van der Waals surface area contributed by atoms with E-state index in [4.69, 9.17) is 5.26 Å². The maximum atomic E-state index is 12.6. The molecule has 98 valence electrons. The van der Waals surface area contributed by atoms with Gasteiger partial charge in [0.2, 0.25) is 0 Å². The molecule has 0 spiro atoms. The van der Waals surface area contributed by atoms with Crippen LogP contribution in [-0.2, 0) is 12.7 Å². The molecular weight excluding hydrogens is 273 g/mol. The zero-order chi connectivity index (χ0) is 13.9. The molecule has 0 aliphatic heterocycles. The van der Waals surface area contributed by atoms with Gasteiger partial charge in [0.15, 0.2) is 0 Å². The number of nitrogens with one attached hydrogen (secondary N) is 1. The number of hydrogen-bond acceptors (Lipinski definition) is 3. The Labute approximate surface area is 112 Å². The van der Waals surface area contributed by atoms with Gasteiger partial charge in [0.05, 0.1) is 17.2 Å². The first-order valence-corrected chi connectivity index (χ1v) is 6.31. The highest BCUT2D eigenvalue weighted by Crippen LogP contribution is 2.33. The SMILES string of the molecule is N#Cc1cc(NCc2ccsc2)ccc1C(F)(F)F. The van der Waals surface area contributed by atoms with E-state index in [-0.39, 0.29) is 5.56 Å². The predicted octanol–water partition coefficient (Wildman–Crippen LogP) is 4.25. The second-order valence-electron chi connectivity index (χ2n) is 3.86. The van der Waals surface area contributed by atoms with E-state index in [1.54, 1.807) is 17.4 Å². The van der Waals surface area contributed by atoms with Crippen molar-refractivity contribution in [2.45, 2.75) is 12.7 Å². The minimum Gasteiger partial charge on any atom is -0.381 e. The van der Waals surface area contributed by atoms with Crippen LogP contribution in [0, 0.1) is 11.3 Å². The Kier molecular flexibility index (Phi) is 3.76. The Morgan fingerprint density at radius 3 is 2.63 bits per heavy atom. The van der Waals surface area contributed by atoms with Crippen LogP contribution in [-0.4, -0.2) is 0 Å². The Morgan fingerprint density at radius 1 is 1.26 bits per heavy atom. The minimum absolute atomic E-state index is 0.372. The Bertz CT molecular complexity index is 597. The van der Waals surface area contributed by atoms with E-state index in [0.717, 1.165) is 11.6 Å². The lowest BCUT2D eigenvalue weighted by Gasteiger charge is -2.11. The van der Waals surface area contributed by atoms with E-state index >= 15 is 0 Å². The van der Waals surface area contributed by atoms with Crippen LogP contribution in [0.25, 0.3) is 0 Å². The highest BCUT2D eigenvalue weighted by Gasteiger charge is 2.33. The molecule has 0 amide bonds. The van der Waals surface area contributed by atoms with Gasteiger partial charge in [-0.25, -0.2) is 0 Å². The van der Waals surface area contributed by atoms with Crippen molar-refractivity contribution in [1.29, 1.82) is 5.26 Å². The molecule has 0 saturated carbocycles. The highest BCUT2D eigenvalue weighted by atomic mass is 32.1. The van der Waals surface area contributed by atoms with E-state index < -0.39 is 11.7 Å². The number of anilines is 1. The summed E-state index contributed by atoms with van der Waals surface area (Å²) in [6.07, 6.45) is -4.50. The van der Waals surface area contributed by atoms with Crippen molar-refractivity contribution < 1.29 is 13.2 Å². The Morgan fingerprint density at radius 2 is 2.05 bits per heavy atom. The molecule has 6 heteroatoms. The van der Waals surface area contributed by atoms with Crippen LogP contribution in [0.1, 0.15) is 16.7 Å². The van der Waals surface area contributed by atoms with Crippen molar-refractivity contribution in [2.24, 2.45) is 0 Å². The van der Waals surface area contributed by atoms with Crippen LogP contribution in [0.4, 0.5) is 18.9 Å². The summed E-state index contributed by atoms with van der Waals surface area (Å²) in [7, 11) is 0. The third-order valence-electron chi connectivity index (χ3n) is 2.52. The fraction of sp³-hybridized carbons (Fsp3) is 0.154. The number of rotatable bonds is 3. The van der Waals surface area contributed by atoms with E-state index in [1.165, 1.54) is 12.1 Å². The molecule has 0 atom stereocenters. The molecule has 0 bridgehead atoms. The maximum Gasteiger partial charge on any atom is 0.417 e. The Hall–Kier alpha value is -2.00. The molecule has 0 aliphatic rings. The number of thiophene rings is 1. The molecule has 2 rings (SSSR count). The fourth-order valence-electron chi connectivity index (χ4n) is 1.59. The van der Waals surface area contributed by atoms with Gasteiger partial charge in [-0.05, 0) is 40.6 Å². The van der Waals surface area contributed by atoms with E-state index in [0.29, 0.717) is 12.2 Å². The lowest BCUT2D eigenvalue weighted by Crippen LogP contribution is -2.08. The van der Waals surface area contributed by atoms with Crippen LogP contribution in [0.2, 0.25) is 0 Å². The summed E-state index contributed by atoms with van der Waals surface area (Å²) in [6.45, 7) is 0.514. The normalized spacial score (nSPS) is 11.1. The van der Waals surface area contributed by atoms with Gasteiger partial charge < -0.3 is 5.32 Å². The first kappa shape index (κ1) is 13.4. The highest BCUT2D eigenvalue weighted by molar-refractivity contribution is 7.07. The first-order chi connectivity index (χ1) is 9.00. The summed E-state index contributed by atoms with van der Waals surface area (Å²) >= 11 is 1.55. The van der Waals surface area contributed by atoms with Gasteiger partial charge in [-0.15, -0.1) is 0 Å². The van der Waals surface area contributed by atoms with Gasteiger partial charge in [-0.1, -0.05) is 0 Å². The number of hydrogen-bond donors (Lipinski definition) is 1. The zero-order valence-corrected chi connectivity index (χ0v) is 10.5. The third-order valence-corrected chi connectivity index (χ3v) is 3.25. The van der Waals surface area contributed by atoms with Gasteiger partial charge in [0, 0.05) is 12.2 Å². The lowest BCUT2D eigenvalue weighted by molar-refractivity contribution is -0.137. The van der Waals surface area contributed by atoms with Crippen molar-refractivity contribution in [1.82, 2.24) is 0 Å². The molecule has 1 aromatic heterocycles. The smallest absolute Gasteiger partial charge is 0.381 e. The zero-order valence-electron chi connectivity index (χ0n) is 9.66. The molecule has 1 N–H and O–H groups in total. The van der Waals surface area contributed by atoms with Crippen LogP contribution in [0.15, 0.2) is 35.0 Å². The number of benzene rings is 1. The van der Waals surface area contributed by atoms with Crippen LogP contribution < -0.4 is 5.32 Å². The summed E-state index contributed by atoms with van der Waals surface area (Å²) in [6, 6.07) is 6.97. The molecule has 2 nitrogen and oxygen atoms in total. The molecule has 1 aromatic carbocycles. The molecule has 1 heterocycles. The number of alkyl halides is 3. The largest absolute Gasteiger partial charge is 0.417 e. The average molecular weight is 282 g/mol. The third kappa shape index (κ3) is 3.26. The average Bonchev–Trinajstić information content (AvgIpc) is 2.88. The van der Waals surface area contributed by atoms with Crippen LogP contribution in [0.5, 0.6) is 0 Å². The molecule has 0 unspecified atom stereocenters. The summed E-state index contributed by atoms with van der Waals surface area (Å²) in [4.78, 5) is 0. The van der Waals surface area contributed by atoms with Crippen LogP contribution in [0.3, 0.4) is 0 Å². The van der Waals surface area contributed by atoms with Crippen LogP contribution >= 0.6 is 11.3 Å². The monoisotopic (exact) mass is 282 g/mol. The standard InChI is InChI=1S/C13H9F3N2S/c14-13(15,16)12-2-1-11(5-10(12)6-17)18-7-9-3-4-19-8-9/h1-5,8,18H,7H2. The summed E-state index contributed by atoms with van der Waals surface area (Å²) in [5.41, 5.74) is 0.262. The van der Waals surface area contributed by atoms with Crippen molar-refractivity contribution >= 4 is 17.0 Å². The summed E-state index contributed by atoms with van der Waals surface area (Å²) in [5, 5.41) is 15.6. The van der Waals surface area contributed by atoms with Gasteiger partial charge in [0.1, 0.15) is 0 Å². The van der Waals surface area contributed by atoms with Crippen molar-refractivity contribution in [3.63, 3.8) is 0 Å². The van der Waals surface area contributed by atoms with Gasteiger partial charge in [-0.2, -0.15) is 29.8 Å². The molecule has 19 heavy (non-hydrogen) atoms. The number of nitriles is 1. The molecular formula is C13H9F3N2S. The second kappa shape index (κ2) is 5.33. The number of halogens is 3. The van der Waals surface area contributed by atoms with Crippen molar-refractivity contribution in [2.75, 3.05) is 5.32 Å². The Balaban J connectivity index is 2.18. The second-order valence-corrected chi connectivity index (χ2v) is 4.64. The topological polar surface area (TPSA) is 35.8 Å². The molecule has 2 aromatic rings. The van der Waals surface area contributed by atoms with E-state index in [2.05, 4.69) is 5.32 Å². The fourth-order valence-corrected chi connectivity index (χ4v) is 2.26. The molecule has 0 fully saturated rings. The molecule has 0 aliphatic carbocycles. The van der Waals surface area contributed by atoms with Crippen molar-refractivity contribution in [3.05, 3.63) is 51.7 Å². The van der Waals surface area contributed by atoms with Crippen molar-refractivity contribution in [3.8, 4) is 6.07 Å². The summed E-state index contributed by atoms with van der Waals surface area (Å²) < 4.78 is 37.8. The maximum absolute atomic E-state index is 12.6. The van der Waals surface area contributed by atoms with Gasteiger partial charge in [-0.3, -0.25) is 0 Å². The molecule has 0 radical (unpaired) electrons. The summed E-state index contributed by atoms with van der Waals surface area (Å²) in [5.74, 6) is 0. The first-order valence-electron chi connectivity index (χ1n) is 5.37.